The van der Waals surface area contributed by atoms with Crippen LogP contribution in [0.5, 0.6) is 0 Å². The van der Waals surface area contributed by atoms with Crippen molar-refractivity contribution in [3.8, 4) is 0 Å². The quantitative estimate of drug-likeness (QED) is 0.578. The van der Waals surface area contributed by atoms with Crippen molar-refractivity contribution in [2.75, 3.05) is 13.1 Å². The van der Waals surface area contributed by atoms with Gasteiger partial charge in [0.15, 0.2) is 6.54 Å². The van der Waals surface area contributed by atoms with Gasteiger partial charge in [-0.15, -0.1) is 0 Å². The molecule has 0 radical (unpaired) electrons. The summed E-state index contributed by atoms with van der Waals surface area (Å²) in [6.07, 6.45) is 8.53. The number of unbranched alkanes of at least 4 members (excludes halogenated alkanes) is 1. The normalized spacial score (nSPS) is 17.7. The number of nitrogens with zero attached hydrogens (tertiary/aromatic N) is 1. The highest BCUT2D eigenvalue weighted by molar-refractivity contribution is 5.52. The second kappa shape index (κ2) is 5.90. The lowest BCUT2D eigenvalue weighted by molar-refractivity contribution is -0.507. The summed E-state index contributed by atoms with van der Waals surface area (Å²) < 4.78 is 14.7. The Bertz CT molecular complexity index is 206. The van der Waals surface area contributed by atoms with E-state index in [9.17, 15) is 4.39 Å². The molecular formula is C11H19FN+. The Morgan fingerprint density at radius 2 is 2.46 bits per heavy atom. The van der Waals surface area contributed by atoms with Gasteiger partial charge in [-0.05, 0) is 12.8 Å². The molecule has 1 aliphatic rings. The Morgan fingerprint density at radius 1 is 1.62 bits per heavy atom. The van der Waals surface area contributed by atoms with E-state index in [-0.39, 0.29) is 0 Å². The Kier molecular flexibility index (Phi) is 4.73. The smallest absolute Gasteiger partial charge is 0.166 e. The SMILES string of the molecule is CCCC/C(=C/F)C[N+]1=CCCC1. The van der Waals surface area contributed by atoms with Crippen LogP contribution in [0.3, 0.4) is 0 Å². The van der Waals surface area contributed by atoms with E-state index in [1.54, 1.807) is 0 Å². The predicted molar refractivity (Wildman–Crippen MR) is 54.0 cm³/mol. The topological polar surface area (TPSA) is 3.01 Å². The molecule has 0 spiro atoms. The van der Waals surface area contributed by atoms with E-state index in [1.807, 2.05) is 0 Å². The summed E-state index contributed by atoms with van der Waals surface area (Å²) in [5.74, 6) is 0. The van der Waals surface area contributed by atoms with Crippen molar-refractivity contribution in [1.82, 2.24) is 0 Å². The van der Waals surface area contributed by atoms with Crippen molar-refractivity contribution in [2.24, 2.45) is 0 Å². The van der Waals surface area contributed by atoms with Gasteiger partial charge in [0, 0.05) is 18.4 Å². The predicted octanol–water partition coefficient (Wildman–Crippen LogP) is 2.91. The fraction of sp³-hybridized carbons (Fsp3) is 0.727. The van der Waals surface area contributed by atoms with Crippen LogP contribution >= 0.6 is 0 Å². The van der Waals surface area contributed by atoms with Crippen LogP contribution in [-0.2, 0) is 0 Å². The van der Waals surface area contributed by atoms with Crippen molar-refractivity contribution in [3.63, 3.8) is 0 Å². The third kappa shape index (κ3) is 3.71. The van der Waals surface area contributed by atoms with Crippen LogP contribution in [0.25, 0.3) is 0 Å². The van der Waals surface area contributed by atoms with Crippen molar-refractivity contribution < 1.29 is 8.97 Å². The molecular weight excluding hydrogens is 165 g/mol. The van der Waals surface area contributed by atoms with E-state index in [1.165, 1.54) is 6.42 Å². The van der Waals surface area contributed by atoms with Crippen molar-refractivity contribution in [1.29, 1.82) is 0 Å². The maximum absolute atomic E-state index is 12.4. The minimum atomic E-state index is 0.793. The van der Waals surface area contributed by atoms with Crippen molar-refractivity contribution >= 4 is 6.21 Å². The summed E-state index contributed by atoms with van der Waals surface area (Å²) >= 11 is 0. The molecule has 1 nitrogen and oxygen atoms in total. The zero-order valence-corrected chi connectivity index (χ0v) is 8.43. The maximum Gasteiger partial charge on any atom is 0.166 e. The molecule has 2 heteroatoms. The maximum atomic E-state index is 12.4. The van der Waals surface area contributed by atoms with E-state index >= 15 is 0 Å². The lowest BCUT2D eigenvalue weighted by atomic mass is 10.1. The van der Waals surface area contributed by atoms with Gasteiger partial charge in [0.1, 0.15) is 12.8 Å². The fourth-order valence-corrected chi connectivity index (χ4v) is 1.64. The van der Waals surface area contributed by atoms with E-state index in [0.717, 1.165) is 50.7 Å². The van der Waals surface area contributed by atoms with Crippen LogP contribution < -0.4 is 0 Å². The first-order valence-electron chi connectivity index (χ1n) is 5.22. The molecule has 13 heavy (non-hydrogen) atoms. The first kappa shape index (κ1) is 10.4. The molecule has 0 bridgehead atoms. The zero-order valence-electron chi connectivity index (χ0n) is 8.43. The minimum Gasteiger partial charge on any atom is -0.235 e. The summed E-state index contributed by atoms with van der Waals surface area (Å²) in [7, 11) is 0. The summed E-state index contributed by atoms with van der Waals surface area (Å²) in [6, 6.07) is 0. The molecule has 0 saturated heterocycles. The molecule has 0 aliphatic carbocycles. The zero-order chi connectivity index (χ0) is 9.52. The van der Waals surface area contributed by atoms with E-state index in [0.29, 0.717) is 0 Å². The average Bonchev–Trinajstić information content (AvgIpc) is 2.64. The summed E-state index contributed by atoms with van der Waals surface area (Å²) in [5, 5.41) is 0. The number of hydrogen-bond donors (Lipinski definition) is 0. The van der Waals surface area contributed by atoms with E-state index in [2.05, 4.69) is 17.7 Å². The Balaban J connectivity index is 2.31. The number of halogens is 1. The molecule has 1 rings (SSSR count). The van der Waals surface area contributed by atoms with Crippen LogP contribution in [0, 0.1) is 0 Å². The van der Waals surface area contributed by atoms with Crippen LogP contribution in [0.4, 0.5) is 4.39 Å². The third-order valence-electron chi connectivity index (χ3n) is 2.45. The molecule has 0 N–H and O–H groups in total. The van der Waals surface area contributed by atoms with Gasteiger partial charge in [-0.2, -0.15) is 0 Å². The molecule has 0 aromatic carbocycles. The molecule has 0 amide bonds. The van der Waals surface area contributed by atoms with Crippen LogP contribution in [0.1, 0.15) is 39.0 Å². The van der Waals surface area contributed by atoms with Gasteiger partial charge in [-0.25, -0.2) is 8.97 Å². The van der Waals surface area contributed by atoms with E-state index in [4.69, 9.17) is 0 Å². The summed E-state index contributed by atoms with van der Waals surface area (Å²) in [5.41, 5.74) is 0.944. The van der Waals surface area contributed by atoms with Gasteiger partial charge in [-0.3, -0.25) is 0 Å². The lowest BCUT2D eigenvalue weighted by Crippen LogP contribution is -2.12. The lowest BCUT2D eigenvalue weighted by Gasteiger charge is -2.01. The first-order chi connectivity index (χ1) is 6.36. The second-order valence-corrected chi connectivity index (χ2v) is 3.67. The molecule has 0 unspecified atom stereocenters. The molecule has 0 aromatic heterocycles. The molecule has 0 aromatic rings. The summed E-state index contributed by atoms with van der Waals surface area (Å²) in [6.45, 7) is 4.04. The molecule has 0 fully saturated rings. The van der Waals surface area contributed by atoms with Gasteiger partial charge < -0.3 is 0 Å². The van der Waals surface area contributed by atoms with Gasteiger partial charge >= 0.3 is 0 Å². The van der Waals surface area contributed by atoms with Crippen molar-refractivity contribution in [3.05, 3.63) is 11.9 Å². The number of hydrogen-bond acceptors (Lipinski definition) is 0. The highest BCUT2D eigenvalue weighted by Crippen LogP contribution is 2.09. The highest BCUT2D eigenvalue weighted by atomic mass is 19.1. The minimum absolute atomic E-state index is 0.793. The van der Waals surface area contributed by atoms with Gasteiger partial charge in [-0.1, -0.05) is 13.3 Å². The Morgan fingerprint density at radius 3 is 3.00 bits per heavy atom. The fourth-order valence-electron chi connectivity index (χ4n) is 1.64. The molecule has 74 valence electrons. The van der Waals surface area contributed by atoms with Crippen LogP contribution in [-0.4, -0.2) is 23.9 Å². The van der Waals surface area contributed by atoms with Crippen LogP contribution in [0.15, 0.2) is 11.9 Å². The Labute approximate surface area is 80.0 Å². The third-order valence-corrected chi connectivity index (χ3v) is 2.45. The molecule has 1 aliphatic heterocycles. The number of rotatable bonds is 5. The van der Waals surface area contributed by atoms with Gasteiger partial charge in [0.2, 0.25) is 0 Å². The monoisotopic (exact) mass is 184 g/mol. The second-order valence-electron chi connectivity index (χ2n) is 3.67. The van der Waals surface area contributed by atoms with Gasteiger partial charge in [0.05, 0.1) is 6.33 Å². The first-order valence-corrected chi connectivity index (χ1v) is 5.22. The molecule has 0 saturated carbocycles. The standard InChI is InChI=1S/C11H19FN/c1-2-3-6-11(9-12)10-13-7-4-5-8-13/h7,9H,2-6,8,10H2,1H3/q+1/b11-9-. The molecule has 1 heterocycles. The summed E-state index contributed by atoms with van der Waals surface area (Å²) in [4.78, 5) is 0. The van der Waals surface area contributed by atoms with Gasteiger partial charge in [0.25, 0.3) is 0 Å². The highest BCUT2D eigenvalue weighted by Gasteiger charge is 2.12. The van der Waals surface area contributed by atoms with Crippen molar-refractivity contribution in [2.45, 2.75) is 39.0 Å². The Hall–Kier alpha value is -0.660. The molecule has 0 atom stereocenters. The average molecular weight is 184 g/mol. The van der Waals surface area contributed by atoms with Crippen LogP contribution in [0.2, 0.25) is 0 Å². The largest absolute Gasteiger partial charge is 0.235 e. The van der Waals surface area contributed by atoms with E-state index < -0.39 is 0 Å².